The average molecular weight is 353 g/mol. The van der Waals surface area contributed by atoms with E-state index in [4.69, 9.17) is 5.73 Å². The summed E-state index contributed by atoms with van der Waals surface area (Å²) in [5.41, 5.74) is 7.87. The first-order chi connectivity index (χ1) is 11.2. The van der Waals surface area contributed by atoms with Crippen molar-refractivity contribution in [1.29, 1.82) is 0 Å². The lowest BCUT2D eigenvalue weighted by Gasteiger charge is -2.25. The largest absolute Gasteiger partial charge is 0.330 e. The highest BCUT2D eigenvalue weighted by molar-refractivity contribution is 5.85. The van der Waals surface area contributed by atoms with Gasteiger partial charge in [-0.05, 0) is 60.8 Å². The van der Waals surface area contributed by atoms with Crippen LogP contribution in [0, 0.1) is 17.6 Å². The third-order valence-corrected chi connectivity index (χ3v) is 4.69. The van der Waals surface area contributed by atoms with E-state index in [1.165, 1.54) is 24.3 Å². The van der Waals surface area contributed by atoms with Crippen molar-refractivity contribution in [3.63, 3.8) is 0 Å². The monoisotopic (exact) mass is 352 g/mol. The number of halogens is 3. The molecule has 0 bridgehead atoms. The molecule has 2 aromatic carbocycles. The maximum Gasteiger partial charge on any atom is 0.123 e. The van der Waals surface area contributed by atoms with E-state index in [1.54, 1.807) is 0 Å². The normalized spacial score (nSPS) is 17.9. The van der Waals surface area contributed by atoms with E-state index in [-0.39, 0.29) is 30.0 Å². The smallest absolute Gasteiger partial charge is 0.123 e. The van der Waals surface area contributed by atoms with Crippen molar-refractivity contribution in [3.05, 3.63) is 71.3 Å². The maximum absolute atomic E-state index is 13.2. The first-order valence-electron chi connectivity index (χ1n) is 8.09. The Balaban J connectivity index is 0.00000208. The first kappa shape index (κ1) is 18.8. The Hall–Kier alpha value is -1.49. The van der Waals surface area contributed by atoms with Gasteiger partial charge in [-0.3, -0.25) is 0 Å². The van der Waals surface area contributed by atoms with Crippen LogP contribution in [0.4, 0.5) is 8.78 Å². The van der Waals surface area contributed by atoms with E-state index in [2.05, 4.69) is 4.90 Å². The van der Waals surface area contributed by atoms with Crippen molar-refractivity contribution in [3.8, 4) is 0 Å². The number of benzene rings is 2. The van der Waals surface area contributed by atoms with E-state index in [0.29, 0.717) is 12.5 Å². The van der Waals surface area contributed by atoms with Crippen LogP contribution in [0.5, 0.6) is 0 Å². The Bertz CT molecular complexity index is 585. The molecule has 2 aromatic rings. The van der Waals surface area contributed by atoms with Crippen LogP contribution in [0.15, 0.2) is 48.5 Å². The fraction of sp³-hybridized carbons (Fsp3) is 0.368. The molecule has 1 fully saturated rings. The third kappa shape index (κ3) is 4.53. The summed E-state index contributed by atoms with van der Waals surface area (Å²) < 4.78 is 26.5. The summed E-state index contributed by atoms with van der Waals surface area (Å²) >= 11 is 0. The second-order valence-corrected chi connectivity index (χ2v) is 6.31. The first-order valence-corrected chi connectivity index (χ1v) is 8.09. The minimum atomic E-state index is -0.240. The van der Waals surface area contributed by atoms with Gasteiger partial charge in [0.25, 0.3) is 0 Å². The number of nitrogens with two attached hydrogens (primary N) is 1. The molecular formula is C19H23ClF2N2. The van der Waals surface area contributed by atoms with E-state index < -0.39 is 0 Å². The van der Waals surface area contributed by atoms with Crippen molar-refractivity contribution in [2.75, 3.05) is 26.2 Å². The molecule has 5 heteroatoms. The predicted molar refractivity (Wildman–Crippen MR) is 95.5 cm³/mol. The van der Waals surface area contributed by atoms with Gasteiger partial charge in [0.05, 0.1) is 0 Å². The van der Waals surface area contributed by atoms with Crippen LogP contribution in [0.25, 0.3) is 0 Å². The van der Waals surface area contributed by atoms with Crippen LogP contribution < -0.4 is 5.73 Å². The molecule has 1 aliphatic rings. The van der Waals surface area contributed by atoms with Crippen molar-refractivity contribution in [2.45, 2.75) is 12.3 Å². The number of nitrogens with zero attached hydrogens (tertiary/aromatic N) is 1. The van der Waals surface area contributed by atoms with Crippen molar-refractivity contribution >= 4 is 12.4 Å². The van der Waals surface area contributed by atoms with Crippen LogP contribution in [-0.2, 0) is 0 Å². The van der Waals surface area contributed by atoms with Crippen LogP contribution in [-0.4, -0.2) is 31.1 Å². The number of hydrogen-bond acceptors (Lipinski definition) is 2. The Morgan fingerprint density at radius 2 is 1.46 bits per heavy atom. The summed E-state index contributed by atoms with van der Waals surface area (Å²) in [6.07, 6.45) is 1.12. The lowest BCUT2D eigenvalue weighted by molar-refractivity contribution is 0.315. The molecule has 1 heterocycles. The molecule has 2 N–H and O–H groups in total. The predicted octanol–water partition coefficient (Wildman–Crippen LogP) is 3.80. The van der Waals surface area contributed by atoms with Gasteiger partial charge < -0.3 is 10.6 Å². The van der Waals surface area contributed by atoms with Crippen LogP contribution in [0.3, 0.4) is 0 Å². The fourth-order valence-electron chi connectivity index (χ4n) is 3.32. The zero-order valence-corrected chi connectivity index (χ0v) is 14.3. The quantitative estimate of drug-likeness (QED) is 0.886. The van der Waals surface area contributed by atoms with Gasteiger partial charge in [-0.2, -0.15) is 0 Å². The summed E-state index contributed by atoms with van der Waals surface area (Å²) in [6.45, 7) is 3.58. The molecular weight excluding hydrogens is 330 g/mol. The minimum absolute atomic E-state index is 0. The lowest BCUT2D eigenvalue weighted by atomic mass is 9.90. The zero-order valence-electron chi connectivity index (χ0n) is 13.5. The Morgan fingerprint density at radius 1 is 0.958 bits per heavy atom. The number of likely N-dealkylation sites (tertiary alicyclic amines) is 1. The summed E-state index contributed by atoms with van der Waals surface area (Å²) in [4.78, 5) is 2.40. The van der Waals surface area contributed by atoms with Gasteiger partial charge >= 0.3 is 0 Å². The molecule has 1 unspecified atom stereocenters. The zero-order chi connectivity index (χ0) is 16.2. The summed E-state index contributed by atoms with van der Waals surface area (Å²) in [6, 6.07) is 13.2. The standard InChI is InChI=1S/C19H22F2N2.ClH/c20-17-5-1-15(2-6-17)19(16-3-7-18(21)8-4-16)13-23-10-9-14(11-22)12-23;/h1-8,14,19H,9-13,22H2;1H. The van der Waals surface area contributed by atoms with Crippen molar-refractivity contribution < 1.29 is 8.78 Å². The SMILES string of the molecule is Cl.NCC1CCN(CC(c2ccc(F)cc2)c2ccc(F)cc2)C1. The van der Waals surface area contributed by atoms with Gasteiger partial charge in [-0.25, -0.2) is 8.78 Å². The summed E-state index contributed by atoms with van der Waals surface area (Å²) in [7, 11) is 0. The van der Waals surface area contributed by atoms with Crippen molar-refractivity contribution in [2.24, 2.45) is 11.7 Å². The third-order valence-electron chi connectivity index (χ3n) is 4.69. The molecule has 3 rings (SSSR count). The second-order valence-electron chi connectivity index (χ2n) is 6.31. The van der Waals surface area contributed by atoms with E-state index in [9.17, 15) is 8.78 Å². The Morgan fingerprint density at radius 3 is 1.88 bits per heavy atom. The van der Waals surface area contributed by atoms with Crippen molar-refractivity contribution in [1.82, 2.24) is 4.90 Å². The highest BCUT2D eigenvalue weighted by Crippen LogP contribution is 2.28. The molecule has 24 heavy (non-hydrogen) atoms. The summed E-state index contributed by atoms with van der Waals surface area (Å²) in [5.74, 6) is 0.178. The van der Waals surface area contributed by atoms with Gasteiger partial charge in [0.15, 0.2) is 0 Å². The van der Waals surface area contributed by atoms with E-state index in [0.717, 1.165) is 37.2 Å². The second kappa shape index (κ2) is 8.56. The number of rotatable bonds is 5. The Kier molecular flexibility index (Phi) is 6.72. The number of hydrogen-bond donors (Lipinski definition) is 1. The molecule has 130 valence electrons. The molecule has 1 aliphatic heterocycles. The molecule has 0 saturated carbocycles. The molecule has 0 spiro atoms. The Labute approximate surface area is 148 Å². The van der Waals surface area contributed by atoms with Gasteiger partial charge in [-0.15, -0.1) is 12.4 Å². The summed E-state index contributed by atoms with van der Waals surface area (Å²) in [5, 5.41) is 0. The highest BCUT2D eigenvalue weighted by atomic mass is 35.5. The van der Waals surface area contributed by atoms with Gasteiger partial charge in [0, 0.05) is 19.0 Å². The van der Waals surface area contributed by atoms with Crippen LogP contribution >= 0.6 is 12.4 Å². The highest BCUT2D eigenvalue weighted by Gasteiger charge is 2.25. The molecule has 0 amide bonds. The average Bonchev–Trinajstić information content (AvgIpc) is 3.02. The maximum atomic E-state index is 13.2. The lowest BCUT2D eigenvalue weighted by Crippen LogP contribution is -2.28. The van der Waals surface area contributed by atoms with Gasteiger partial charge in [-0.1, -0.05) is 24.3 Å². The molecule has 2 nitrogen and oxygen atoms in total. The van der Waals surface area contributed by atoms with E-state index in [1.807, 2.05) is 24.3 Å². The van der Waals surface area contributed by atoms with Crippen LogP contribution in [0.2, 0.25) is 0 Å². The molecule has 0 aliphatic carbocycles. The molecule has 1 saturated heterocycles. The van der Waals surface area contributed by atoms with E-state index >= 15 is 0 Å². The fourth-order valence-corrected chi connectivity index (χ4v) is 3.32. The molecule has 0 radical (unpaired) electrons. The van der Waals surface area contributed by atoms with Gasteiger partial charge in [0.2, 0.25) is 0 Å². The minimum Gasteiger partial charge on any atom is -0.330 e. The molecule has 0 aromatic heterocycles. The topological polar surface area (TPSA) is 29.3 Å². The van der Waals surface area contributed by atoms with Crippen LogP contribution in [0.1, 0.15) is 23.5 Å². The van der Waals surface area contributed by atoms with Gasteiger partial charge in [0.1, 0.15) is 11.6 Å². The molecule has 1 atom stereocenters.